The summed E-state index contributed by atoms with van der Waals surface area (Å²) in [6.07, 6.45) is 1.41. The molecule has 2 aromatic heterocycles. The maximum absolute atomic E-state index is 10.8. The van der Waals surface area contributed by atoms with Crippen LogP contribution in [0, 0.1) is 10.1 Å². The molecule has 0 atom stereocenters. The molecule has 0 fully saturated rings. The number of carboxylic acid groups (broad SMARTS) is 1. The highest BCUT2D eigenvalue weighted by Gasteiger charge is 2.18. The van der Waals surface area contributed by atoms with Crippen molar-refractivity contribution in [2.24, 2.45) is 0 Å². The fourth-order valence-electron chi connectivity index (χ4n) is 1.19. The predicted octanol–water partition coefficient (Wildman–Crippen LogP) is 2.43. The van der Waals surface area contributed by atoms with Gasteiger partial charge in [0, 0.05) is 12.3 Å². The van der Waals surface area contributed by atoms with Crippen molar-refractivity contribution in [2.45, 2.75) is 10.1 Å². The van der Waals surface area contributed by atoms with Crippen molar-refractivity contribution in [1.82, 2.24) is 4.98 Å². The fraction of sp³-hybridized carbons (Fsp3) is 0. The Morgan fingerprint density at radius 3 is 2.83 bits per heavy atom. The minimum absolute atomic E-state index is 0.147. The van der Waals surface area contributed by atoms with Gasteiger partial charge in [0.1, 0.15) is 0 Å². The van der Waals surface area contributed by atoms with Gasteiger partial charge >= 0.3 is 11.7 Å². The van der Waals surface area contributed by atoms with Crippen molar-refractivity contribution < 1.29 is 19.2 Å². The van der Waals surface area contributed by atoms with Crippen molar-refractivity contribution in [3.8, 4) is 0 Å². The molecule has 92 valence electrons. The van der Waals surface area contributed by atoms with Gasteiger partial charge in [-0.3, -0.25) is 10.1 Å². The molecule has 0 amide bonds. The van der Waals surface area contributed by atoms with Gasteiger partial charge in [-0.25, -0.2) is 9.78 Å². The summed E-state index contributed by atoms with van der Waals surface area (Å²) in [5.41, 5.74) is -0.157. The highest BCUT2D eigenvalue weighted by atomic mass is 32.2. The van der Waals surface area contributed by atoms with E-state index < -0.39 is 10.9 Å². The highest BCUT2D eigenvalue weighted by molar-refractivity contribution is 7.99. The van der Waals surface area contributed by atoms with Crippen molar-refractivity contribution in [3.63, 3.8) is 0 Å². The smallest absolute Gasteiger partial charge is 0.371 e. The molecule has 0 unspecified atom stereocenters. The third kappa shape index (κ3) is 2.48. The van der Waals surface area contributed by atoms with Gasteiger partial charge in [-0.15, -0.1) is 0 Å². The third-order valence-electron chi connectivity index (χ3n) is 1.94. The Kier molecular flexibility index (Phi) is 3.28. The van der Waals surface area contributed by atoms with E-state index in [-0.39, 0.29) is 21.6 Å². The first-order valence-corrected chi connectivity index (χ1v) is 5.50. The van der Waals surface area contributed by atoms with E-state index in [4.69, 9.17) is 9.52 Å². The Balaban J connectivity index is 2.28. The minimum atomic E-state index is -1.20. The molecule has 0 radical (unpaired) electrons. The molecule has 0 saturated carbocycles. The normalized spacial score (nSPS) is 10.2. The van der Waals surface area contributed by atoms with Gasteiger partial charge in [0.05, 0.1) is 4.92 Å². The molecule has 2 heterocycles. The summed E-state index contributed by atoms with van der Waals surface area (Å²) < 4.78 is 4.98. The van der Waals surface area contributed by atoms with Crippen LogP contribution in [0.2, 0.25) is 0 Å². The van der Waals surface area contributed by atoms with Gasteiger partial charge in [0.15, 0.2) is 10.1 Å². The largest absolute Gasteiger partial charge is 0.475 e. The second-order valence-corrected chi connectivity index (χ2v) is 4.10. The standard InChI is InChI=1S/C10H6N2O5S/c13-10(14)7-3-4-8(17-7)18-9-6(12(15)16)2-1-5-11-9/h1-5H,(H,13,14). The van der Waals surface area contributed by atoms with Gasteiger partial charge < -0.3 is 9.52 Å². The SMILES string of the molecule is O=C(O)c1ccc(Sc2ncccc2[N+](=O)[O-])o1. The number of pyridine rings is 1. The number of carboxylic acids is 1. The van der Waals surface area contributed by atoms with Crippen LogP contribution in [-0.4, -0.2) is 21.0 Å². The lowest BCUT2D eigenvalue weighted by Crippen LogP contribution is -1.92. The summed E-state index contributed by atoms with van der Waals surface area (Å²) in [5, 5.41) is 19.8. The van der Waals surface area contributed by atoms with Gasteiger partial charge in [-0.2, -0.15) is 0 Å². The molecule has 18 heavy (non-hydrogen) atoms. The van der Waals surface area contributed by atoms with Crippen LogP contribution >= 0.6 is 11.8 Å². The first-order chi connectivity index (χ1) is 8.58. The Bertz CT molecular complexity index is 610. The molecular weight excluding hydrogens is 260 g/mol. The number of furan rings is 1. The monoisotopic (exact) mass is 266 g/mol. The summed E-state index contributed by atoms with van der Waals surface area (Å²) >= 11 is 0.898. The van der Waals surface area contributed by atoms with E-state index in [9.17, 15) is 14.9 Å². The first-order valence-electron chi connectivity index (χ1n) is 4.68. The van der Waals surface area contributed by atoms with E-state index in [1.807, 2.05) is 0 Å². The Hall–Kier alpha value is -2.35. The van der Waals surface area contributed by atoms with Crippen molar-refractivity contribution in [1.29, 1.82) is 0 Å². The Labute approximate surface area is 105 Å². The maximum Gasteiger partial charge on any atom is 0.371 e. The van der Waals surface area contributed by atoms with Crippen LogP contribution in [0.3, 0.4) is 0 Å². The quantitative estimate of drug-likeness (QED) is 0.668. The van der Waals surface area contributed by atoms with Gasteiger partial charge in [-0.1, -0.05) is 0 Å². The van der Waals surface area contributed by atoms with Crippen LogP contribution in [0.15, 0.2) is 45.0 Å². The molecule has 7 nitrogen and oxygen atoms in total. The molecular formula is C10H6N2O5S. The molecule has 0 aromatic carbocycles. The van der Waals surface area contributed by atoms with Crippen LogP contribution < -0.4 is 0 Å². The first kappa shape index (κ1) is 12.1. The molecule has 0 aliphatic carbocycles. The molecule has 0 aliphatic heterocycles. The number of aromatic nitrogens is 1. The number of rotatable bonds is 4. The van der Waals surface area contributed by atoms with Crippen molar-refractivity contribution in [2.75, 3.05) is 0 Å². The zero-order valence-corrected chi connectivity index (χ0v) is 9.59. The zero-order chi connectivity index (χ0) is 13.1. The van der Waals surface area contributed by atoms with Crippen LogP contribution in [0.1, 0.15) is 10.6 Å². The van der Waals surface area contributed by atoms with Crippen molar-refractivity contribution >= 4 is 23.4 Å². The van der Waals surface area contributed by atoms with Crippen LogP contribution in [-0.2, 0) is 0 Å². The van der Waals surface area contributed by atoms with Crippen LogP contribution in [0.25, 0.3) is 0 Å². The topological polar surface area (TPSA) is 106 Å². The molecule has 0 saturated heterocycles. The number of aromatic carboxylic acids is 1. The summed E-state index contributed by atoms with van der Waals surface area (Å²) in [4.78, 5) is 24.7. The number of hydrogen-bond acceptors (Lipinski definition) is 6. The van der Waals surface area contributed by atoms with E-state index >= 15 is 0 Å². The van der Waals surface area contributed by atoms with E-state index in [0.717, 1.165) is 11.8 Å². The molecule has 2 rings (SSSR count). The van der Waals surface area contributed by atoms with E-state index in [2.05, 4.69) is 4.98 Å². The minimum Gasteiger partial charge on any atom is -0.475 e. The summed E-state index contributed by atoms with van der Waals surface area (Å²) in [6.45, 7) is 0. The predicted molar refractivity (Wildman–Crippen MR) is 60.7 cm³/mol. The van der Waals surface area contributed by atoms with Crippen LogP contribution in [0.4, 0.5) is 5.69 Å². The molecule has 0 bridgehead atoms. The molecule has 0 spiro atoms. The maximum atomic E-state index is 10.8. The van der Waals surface area contributed by atoms with E-state index in [1.54, 1.807) is 0 Å². The fourth-order valence-corrected chi connectivity index (χ4v) is 2.00. The highest BCUT2D eigenvalue weighted by Crippen LogP contribution is 2.33. The van der Waals surface area contributed by atoms with Gasteiger partial charge in [0.25, 0.3) is 0 Å². The number of hydrogen-bond donors (Lipinski definition) is 1. The average Bonchev–Trinajstić information content (AvgIpc) is 2.78. The van der Waals surface area contributed by atoms with Gasteiger partial charge in [0.2, 0.25) is 5.76 Å². The lowest BCUT2D eigenvalue weighted by molar-refractivity contribution is -0.388. The number of carbonyl (C=O) groups is 1. The van der Waals surface area contributed by atoms with Crippen LogP contribution in [0.5, 0.6) is 0 Å². The molecule has 8 heteroatoms. The van der Waals surface area contributed by atoms with E-state index in [0.29, 0.717) is 0 Å². The van der Waals surface area contributed by atoms with E-state index in [1.165, 1.54) is 30.5 Å². The molecule has 2 aromatic rings. The lowest BCUT2D eigenvalue weighted by atomic mass is 10.4. The second-order valence-electron chi connectivity index (χ2n) is 3.11. The third-order valence-corrected chi connectivity index (χ3v) is 2.87. The Morgan fingerprint density at radius 1 is 1.44 bits per heavy atom. The number of nitrogens with zero attached hydrogens (tertiary/aromatic N) is 2. The molecule has 0 aliphatic rings. The average molecular weight is 266 g/mol. The second kappa shape index (κ2) is 4.88. The van der Waals surface area contributed by atoms with Crippen molar-refractivity contribution in [3.05, 3.63) is 46.3 Å². The molecule has 1 N–H and O–H groups in total. The van der Waals surface area contributed by atoms with Gasteiger partial charge in [-0.05, 0) is 30.0 Å². The lowest BCUT2D eigenvalue weighted by Gasteiger charge is -1.98. The summed E-state index contributed by atoms with van der Waals surface area (Å²) in [5.74, 6) is -1.42. The zero-order valence-electron chi connectivity index (χ0n) is 8.77. The summed E-state index contributed by atoms with van der Waals surface area (Å²) in [7, 11) is 0. The Morgan fingerprint density at radius 2 is 2.22 bits per heavy atom. The number of nitro groups is 1. The summed E-state index contributed by atoms with van der Waals surface area (Å²) in [6, 6.07) is 5.47.